The van der Waals surface area contributed by atoms with Gasteiger partial charge in [0.05, 0.1) is 20.3 Å². The van der Waals surface area contributed by atoms with E-state index >= 15 is 0 Å². The van der Waals surface area contributed by atoms with Gasteiger partial charge < -0.3 is 19.7 Å². The van der Waals surface area contributed by atoms with Crippen LogP contribution in [0.1, 0.15) is 30.9 Å². The van der Waals surface area contributed by atoms with Crippen molar-refractivity contribution in [2.24, 2.45) is 0 Å². The van der Waals surface area contributed by atoms with Crippen LogP contribution in [0.3, 0.4) is 0 Å². The van der Waals surface area contributed by atoms with Gasteiger partial charge in [0, 0.05) is 22.5 Å². The van der Waals surface area contributed by atoms with Crippen molar-refractivity contribution in [2.45, 2.75) is 25.4 Å². The fraction of sp³-hybridized carbons (Fsp3) is 0.462. The number of aliphatic hydroxyl groups excluding tert-OH is 1. The maximum Gasteiger partial charge on any atom is 0.303 e. The molecule has 0 saturated heterocycles. The monoisotopic (exact) mass is 332 g/mol. The van der Waals surface area contributed by atoms with Crippen LogP contribution in [-0.4, -0.2) is 30.4 Å². The molecule has 5 nitrogen and oxygen atoms in total. The van der Waals surface area contributed by atoms with E-state index in [1.807, 2.05) is 0 Å². The van der Waals surface area contributed by atoms with Gasteiger partial charge in [-0.3, -0.25) is 4.79 Å². The second-order valence-corrected chi connectivity index (χ2v) is 4.88. The van der Waals surface area contributed by atoms with Crippen LogP contribution >= 0.6 is 15.9 Å². The predicted octanol–water partition coefficient (Wildman–Crippen LogP) is 2.75. The van der Waals surface area contributed by atoms with Crippen LogP contribution in [0.25, 0.3) is 0 Å². The van der Waals surface area contributed by atoms with Crippen molar-refractivity contribution in [3.05, 3.63) is 22.2 Å². The molecule has 1 aromatic carbocycles. The summed E-state index contributed by atoms with van der Waals surface area (Å²) < 4.78 is 11.0. The van der Waals surface area contributed by atoms with E-state index in [1.165, 1.54) is 7.11 Å². The van der Waals surface area contributed by atoms with E-state index < -0.39 is 12.1 Å². The molecule has 0 heterocycles. The quantitative estimate of drug-likeness (QED) is 0.802. The van der Waals surface area contributed by atoms with Gasteiger partial charge in [-0.2, -0.15) is 0 Å². The summed E-state index contributed by atoms with van der Waals surface area (Å²) in [5.41, 5.74) is 0.605. The van der Waals surface area contributed by atoms with Crippen molar-refractivity contribution in [3.63, 3.8) is 0 Å². The van der Waals surface area contributed by atoms with E-state index in [0.29, 0.717) is 34.4 Å². The van der Waals surface area contributed by atoms with E-state index in [2.05, 4.69) is 15.9 Å². The molecule has 6 heteroatoms. The number of carboxylic acids is 1. The van der Waals surface area contributed by atoms with Crippen molar-refractivity contribution in [3.8, 4) is 11.5 Å². The average Bonchev–Trinajstić information content (AvgIpc) is 2.36. The first-order valence-corrected chi connectivity index (χ1v) is 6.60. The van der Waals surface area contributed by atoms with Gasteiger partial charge in [0.25, 0.3) is 0 Å². The molecular formula is C13H17BrO5. The topological polar surface area (TPSA) is 76.0 Å². The number of rotatable bonds is 7. The first kappa shape index (κ1) is 15.8. The van der Waals surface area contributed by atoms with Crippen LogP contribution in [0.2, 0.25) is 0 Å². The second kappa shape index (κ2) is 7.35. The molecule has 106 valence electrons. The Balaban J connectivity index is 2.88. The summed E-state index contributed by atoms with van der Waals surface area (Å²) in [7, 11) is 3.05. The first-order valence-electron chi connectivity index (χ1n) is 5.80. The normalized spacial score (nSPS) is 12.0. The third-order valence-corrected chi connectivity index (χ3v) is 3.38. The van der Waals surface area contributed by atoms with Crippen LogP contribution in [-0.2, 0) is 4.79 Å². The van der Waals surface area contributed by atoms with Gasteiger partial charge in [0.15, 0.2) is 0 Å². The third-order valence-electron chi connectivity index (χ3n) is 2.72. The molecule has 0 amide bonds. The molecule has 1 atom stereocenters. The van der Waals surface area contributed by atoms with E-state index in [-0.39, 0.29) is 6.42 Å². The van der Waals surface area contributed by atoms with Gasteiger partial charge in [0.2, 0.25) is 0 Å². The summed E-state index contributed by atoms with van der Waals surface area (Å²) in [6.45, 7) is 0. The Morgan fingerprint density at radius 1 is 1.37 bits per heavy atom. The van der Waals surface area contributed by atoms with Gasteiger partial charge in [-0.1, -0.05) is 15.9 Å². The Labute approximate surface area is 120 Å². The lowest BCUT2D eigenvalue weighted by molar-refractivity contribution is -0.137. The molecule has 1 unspecified atom stereocenters. The molecule has 0 saturated carbocycles. The van der Waals surface area contributed by atoms with Crippen molar-refractivity contribution in [2.75, 3.05) is 14.2 Å². The Morgan fingerprint density at radius 2 is 2.05 bits per heavy atom. The zero-order valence-electron chi connectivity index (χ0n) is 10.9. The molecule has 0 bridgehead atoms. The molecule has 1 rings (SSSR count). The lowest BCUT2D eigenvalue weighted by atomic mass is 10.0. The van der Waals surface area contributed by atoms with Crippen molar-refractivity contribution >= 4 is 21.9 Å². The van der Waals surface area contributed by atoms with Crippen LogP contribution < -0.4 is 9.47 Å². The Morgan fingerprint density at radius 3 is 2.58 bits per heavy atom. The number of halogens is 1. The third kappa shape index (κ3) is 4.40. The maximum absolute atomic E-state index is 10.5. The standard InChI is InChI=1S/C13H17BrO5/c1-18-8-6-9(14)13(11(7-8)19-2)10(15)4-3-5-12(16)17/h6-7,10,15H,3-5H2,1-2H3,(H,16,17). The summed E-state index contributed by atoms with van der Waals surface area (Å²) >= 11 is 3.36. The van der Waals surface area contributed by atoms with Gasteiger partial charge >= 0.3 is 5.97 Å². The van der Waals surface area contributed by atoms with Crippen LogP contribution in [0.5, 0.6) is 11.5 Å². The summed E-state index contributed by atoms with van der Waals surface area (Å²) in [5, 5.41) is 18.7. The molecule has 1 aromatic rings. The van der Waals surface area contributed by atoms with Crippen LogP contribution in [0.15, 0.2) is 16.6 Å². The Bertz CT molecular complexity index is 447. The molecule has 0 spiro atoms. The highest BCUT2D eigenvalue weighted by Gasteiger charge is 2.18. The van der Waals surface area contributed by atoms with Crippen molar-refractivity contribution < 1.29 is 24.5 Å². The minimum Gasteiger partial charge on any atom is -0.497 e. The van der Waals surface area contributed by atoms with Gasteiger partial charge in [-0.15, -0.1) is 0 Å². The van der Waals surface area contributed by atoms with E-state index in [4.69, 9.17) is 14.6 Å². The number of methoxy groups -OCH3 is 2. The predicted molar refractivity (Wildman–Crippen MR) is 73.7 cm³/mol. The van der Waals surface area contributed by atoms with Crippen LogP contribution in [0.4, 0.5) is 0 Å². The zero-order valence-corrected chi connectivity index (χ0v) is 12.4. The molecule has 2 N–H and O–H groups in total. The zero-order chi connectivity index (χ0) is 14.4. The summed E-state index contributed by atoms with van der Waals surface area (Å²) in [4.78, 5) is 10.5. The Kier molecular flexibility index (Phi) is 6.11. The summed E-state index contributed by atoms with van der Waals surface area (Å²) in [5.74, 6) is 0.257. The second-order valence-electron chi connectivity index (χ2n) is 4.03. The summed E-state index contributed by atoms with van der Waals surface area (Å²) in [6, 6.07) is 3.42. The molecule has 19 heavy (non-hydrogen) atoms. The van der Waals surface area contributed by atoms with Crippen molar-refractivity contribution in [1.29, 1.82) is 0 Å². The number of carboxylic acid groups (broad SMARTS) is 1. The number of aliphatic carboxylic acids is 1. The van der Waals surface area contributed by atoms with Crippen molar-refractivity contribution in [1.82, 2.24) is 0 Å². The largest absolute Gasteiger partial charge is 0.497 e. The highest BCUT2D eigenvalue weighted by molar-refractivity contribution is 9.10. The molecule has 0 aliphatic carbocycles. The fourth-order valence-corrected chi connectivity index (χ4v) is 2.46. The van der Waals surface area contributed by atoms with E-state index in [0.717, 1.165) is 0 Å². The van der Waals surface area contributed by atoms with Gasteiger partial charge in [-0.05, 0) is 18.9 Å². The van der Waals surface area contributed by atoms with E-state index in [1.54, 1.807) is 19.2 Å². The minimum atomic E-state index is -0.868. The van der Waals surface area contributed by atoms with Gasteiger partial charge in [-0.25, -0.2) is 0 Å². The first-order chi connectivity index (χ1) is 8.99. The maximum atomic E-state index is 10.5. The smallest absolute Gasteiger partial charge is 0.303 e. The van der Waals surface area contributed by atoms with Gasteiger partial charge in [0.1, 0.15) is 11.5 Å². The fourth-order valence-electron chi connectivity index (χ4n) is 1.77. The van der Waals surface area contributed by atoms with E-state index in [9.17, 15) is 9.90 Å². The minimum absolute atomic E-state index is 0.0349. The van der Waals surface area contributed by atoms with Crippen LogP contribution in [0, 0.1) is 0 Å². The molecule has 0 aromatic heterocycles. The molecule has 0 aliphatic heterocycles. The Hall–Kier alpha value is -1.27. The molecule has 0 aliphatic rings. The highest BCUT2D eigenvalue weighted by Crippen LogP contribution is 2.38. The molecule has 0 fully saturated rings. The summed E-state index contributed by atoms with van der Waals surface area (Å²) in [6.07, 6.45) is 0.00774. The number of carbonyl (C=O) groups is 1. The number of hydrogen-bond acceptors (Lipinski definition) is 4. The average molecular weight is 333 g/mol. The number of benzene rings is 1. The number of ether oxygens (including phenoxy) is 2. The molecule has 0 radical (unpaired) electrons. The number of aliphatic hydroxyl groups is 1. The highest BCUT2D eigenvalue weighted by atomic mass is 79.9. The lowest BCUT2D eigenvalue weighted by Crippen LogP contribution is -2.04. The SMILES string of the molecule is COc1cc(Br)c(C(O)CCCC(=O)O)c(OC)c1. The number of hydrogen-bond donors (Lipinski definition) is 2. The molecular weight excluding hydrogens is 316 g/mol. The lowest BCUT2D eigenvalue weighted by Gasteiger charge is -2.17.